The van der Waals surface area contributed by atoms with Crippen molar-refractivity contribution >= 4 is 64.4 Å². The van der Waals surface area contributed by atoms with E-state index in [-0.39, 0.29) is 35.8 Å². The second kappa shape index (κ2) is 18.6. The van der Waals surface area contributed by atoms with Gasteiger partial charge in [-0.05, 0) is 80.0 Å². The standard InChI is InChI=1S/C49H47ClN8O7/c50-39-30-52-48(55-43(39)33-12-8-11-32(25-33)31-9-4-3-5-10-31)53-34-26-35(29-51-28-34)57-23-20-49(47(57)64)18-21-56(22-19-49)42(60)13-6-1-2-7-24-65-36-14-15-37-38(27-36)46(63)58(45(37)62)40-16-17-41(59)54-44(40)61/h3-5,8-12,14-15,25-30,40H,1-2,6-7,13,16-24H2,(H,52,53,55)(H,54,59,61). The molecule has 3 saturated heterocycles. The van der Waals surface area contributed by atoms with Gasteiger partial charge in [0.1, 0.15) is 11.8 Å². The van der Waals surface area contributed by atoms with Gasteiger partial charge in [0.2, 0.25) is 29.6 Å². The number of amides is 6. The molecule has 2 N–H and O–H groups in total. The first-order valence-corrected chi connectivity index (χ1v) is 22.4. The number of benzene rings is 3. The molecule has 16 heteroatoms. The average molecular weight is 895 g/mol. The second-order valence-corrected chi connectivity index (χ2v) is 17.3. The Hall–Kier alpha value is -7.00. The number of rotatable bonds is 14. The Morgan fingerprint density at radius 3 is 2.37 bits per heavy atom. The molecule has 1 atom stereocenters. The van der Waals surface area contributed by atoms with Crippen LogP contribution in [0.3, 0.4) is 0 Å². The van der Waals surface area contributed by atoms with E-state index in [4.69, 9.17) is 21.3 Å². The quantitative estimate of drug-likeness (QED) is 0.0838. The number of piperidine rings is 2. The van der Waals surface area contributed by atoms with Crippen LogP contribution in [0.15, 0.2) is 97.5 Å². The summed E-state index contributed by atoms with van der Waals surface area (Å²) in [5.41, 5.74) is 4.75. The maximum atomic E-state index is 14.0. The Morgan fingerprint density at radius 1 is 0.800 bits per heavy atom. The van der Waals surface area contributed by atoms with Crippen molar-refractivity contribution in [3.8, 4) is 28.1 Å². The lowest BCUT2D eigenvalue weighted by molar-refractivity contribution is -0.137. The number of fused-ring (bicyclic) bond motifs is 1. The van der Waals surface area contributed by atoms with Gasteiger partial charge in [-0.3, -0.25) is 44.0 Å². The summed E-state index contributed by atoms with van der Waals surface area (Å²) >= 11 is 6.59. The van der Waals surface area contributed by atoms with Gasteiger partial charge in [-0.15, -0.1) is 0 Å². The molecule has 15 nitrogen and oxygen atoms in total. The van der Waals surface area contributed by atoms with E-state index in [0.29, 0.717) is 85.7 Å². The highest BCUT2D eigenvalue weighted by atomic mass is 35.5. The maximum absolute atomic E-state index is 14.0. The van der Waals surface area contributed by atoms with Gasteiger partial charge in [0, 0.05) is 38.0 Å². The van der Waals surface area contributed by atoms with E-state index in [1.54, 1.807) is 29.6 Å². The Kier molecular flexibility index (Phi) is 12.4. The Labute approximate surface area is 380 Å². The van der Waals surface area contributed by atoms with Crippen molar-refractivity contribution in [2.24, 2.45) is 5.41 Å². The fourth-order valence-corrected chi connectivity index (χ4v) is 9.41. The van der Waals surface area contributed by atoms with E-state index in [1.807, 2.05) is 53.4 Å². The third kappa shape index (κ3) is 9.05. The van der Waals surface area contributed by atoms with E-state index < -0.39 is 35.1 Å². The monoisotopic (exact) mass is 894 g/mol. The van der Waals surface area contributed by atoms with Gasteiger partial charge >= 0.3 is 0 Å². The first kappa shape index (κ1) is 43.3. The van der Waals surface area contributed by atoms with E-state index >= 15 is 0 Å². The molecule has 0 bridgehead atoms. The first-order chi connectivity index (χ1) is 31.6. The maximum Gasteiger partial charge on any atom is 0.262 e. The van der Waals surface area contributed by atoms with Crippen LogP contribution in [0.25, 0.3) is 22.4 Å². The van der Waals surface area contributed by atoms with Crippen LogP contribution in [-0.4, -0.2) is 92.5 Å². The lowest BCUT2D eigenvalue weighted by Gasteiger charge is -2.38. The zero-order chi connectivity index (χ0) is 45.1. The average Bonchev–Trinajstić information content (AvgIpc) is 3.77. The number of carbonyl (C=O) groups is 6. The number of likely N-dealkylation sites (tertiary alicyclic amines) is 1. The van der Waals surface area contributed by atoms with E-state index in [1.165, 1.54) is 12.1 Å². The molecule has 0 radical (unpaired) electrons. The number of pyridine rings is 1. The van der Waals surface area contributed by atoms with Gasteiger partial charge in [-0.25, -0.2) is 9.97 Å². The molecule has 1 spiro atoms. The zero-order valence-corrected chi connectivity index (χ0v) is 36.4. The summed E-state index contributed by atoms with van der Waals surface area (Å²) in [7, 11) is 0. The largest absolute Gasteiger partial charge is 0.494 e. The van der Waals surface area contributed by atoms with E-state index in [0.717, 1.165) is 47.3 Å². The van der Waals surface area contributed by atoms with E-state index in [9.17, 15) is 28.8 Å². The molecule has 0 saturated carbocycles. The molecule has 6 heterocycles. The van der Waals surface area contributed by atoms with Gasteiger partial charge in [0.25, 0.3) is 11.8 Å². The summed E-state index contributed by atoms with van der Waals surface area (Å²) in [6.07, 6.45) is 10.6. The number of carbonyl (C=O) groups excluding carboxylic acids is 6. The summed E-state index contributed by atoms with van der Waals surface area (Å²) in [4.78, 5) is 95.4. The summed E-state index contributed by atoms with van der Waals surface area (Å²) in [5, 5.41) is 5.87. The molecule has 4 aliphatic rings. The minimum absolute atomic E-state index is 0.0565. The van der Waals surface area contributed by atoms with Crippen LogP contribution in [0.4, 0.5) is 17.3 Å². The van der Waals surface area contributed by atoms with Gasteiger partial charge in [0.15, 0.2) is 0 Å². The molecule has 2 aromatic heterocycles. The van der Waals surface area contributed by atoms with Crippen molar-refractivity contribution in [2.45, 2.75) is 70.3 Å². The number of imide groups is 2. The number of ether oxygens (including phenoxy) is 1. The normalized spacial score (nSPS) is 18.0. The molecule has 3 aromatic carbocycles. The van der Waals surface area contributed by atoms with Crippen molar-refractivity contribution in [2.75, 3.05) is 36.5 Å². The number of anilines is 3. The summed E-state index contributed by atoms with van der Waals surface area (Å²) in [5.74, 6) is -1.26. The van der Waals surface area contributed by atoms with Crippen molar-refractivity contribution in [1.82, 2.24) is 30.1 Å². The molecule has 5 aromatic rings. The lowest BCUT2D eigenvalue weighted by atomic mass is 9.77. The Balaban J connectivity index is 0.711. The number of halogens is 1. The van der Waals surface area contributed by atoms with E-state index in [2.05, 4.69) is 32.7 Å². The summed E-state index contributed by atoms with van der Waals surface area (Å²) in [6.45, 7) is 2.03. The number of hydrogen-bond acceptors (Lipinski definition) is 11. The highest BCUT2D eigenvalue weighted by Gasteiger charge is 2.49. The molecule has 3 fully saturated rings. The van der Waals surface area contributed by atoms with Crippen molar-refractivity contribution in [3.05, 3.63) is 114 Å². The first-order valence-electron chi connectivity index (χ1n) is 22.1. The highest BCUT2D eigenvalue weighted by Crippen LogP contribution is 2.44. The van der Waals surface area contributed by atoms with Crippen LogP contribution < -0.4 is 20.3 Å². The van der Waals surface area contributed by atoms with Crippen molar-refractivity contribution in [3.63, 3.8) is 0 Å². The predicted molar refractivity (Wildman–Crippen MR) is 242 cm³/mol. The SMILES string of the molecule is O=C1CCC(N2C(=O)c3ccc(OCCCCCCC(=O)N4CCC5(CC4)CCN(c4cncc(Nc6ncc(Cl)c(-c7cccc(-c8ccccc8)c7)n6)c4)C5=O)cc3C2=O)C(=O)N1. The number of unbranched alkanes of at least 4 members (excludes halogenated alkanes) is 3. The molecule has 0 aliphatic carbocycles. The smallest absolute Gasteiger partial charge is 0.262 e. The molecule has 332 valence electrons. The molecule has 4 aliphatic heterocycles. The molecular weight excluding hydrogens is 848 g/mol. The topological polar surface area (TPSA) is 184 Å². The van der Waals surface area contributed by atoms with Gasteiger partial charge in [-0.1, -0.05) is 73.0 Å². The van der Waals surface area contributed by atoms with Crippen LogP contribution in [0.1, 0.15) is 84.9 Å². The molecule has 65 heavy (non-hydrogen) atoms. The zero-order valence-electron chi connectivity index (χ0n) is 35.6. The number of aromatic nitrogens is 3. The molecule has 6 amide bonds. The van der Waals surface area contributed by atoms with Gasteiger partial charge in [0.05, 0.1) is 63.8 Å². The van der Waals surface area contributed by atoms with Crippen LogP contribution in [-0.2, 0) is 19.2 Å². The van der Waals surface area contributed by atoms with Crippen LogP contribution in [0.2, 0.25) is 5.02 Å². The van der Waals surface area contributed by atoms with Crippen molar-refractivity contribution in [1.29, 1.82) is 0 Å². The van der Waals surface area contributed by atoms with Crippen LogP contribution in [0.5, 0.6) is 5.75 Å². The number of nitrogens with one attached hydrogen (secondary N) is 2. The summed E-state index contributed by atoms with van der Waals surface area (Å²) < 4.78 is 5.88. The minimum Gasteiger partial charge on any atom is -0.494 e. The molecular formula is C49H47ClN8O7. The molecule has 1 unspecified atom stereocenters. The van der Waals surface area contributed by atoms with Crippen LogP contribution in [0, 0.1) is 5.41 Å². The van der Waals surface area contributed by atoms with Crippen LogP contribution >= 0.6 is 11.6 Å². The number of hydrogen-bond donors (Lipinski definition) is 2. The molecule has 9 rings (SSSR count). The Bertz CT molecular complexity index is 2690. The second-order valence-electron chi connectivity index (χ2n) is 16.9. The fourth-order valence-electron chi connectivity index (χ4n) is 9.21. The Morgan fingerprint density at radius 2 is 1.55 bits per heavy atom. The lowest BCUT2D eigenvalue weighted by Crippen LogP contribution is -2.54. The highest BCUT2D eigenvalue weighted by molar-refractivity contribution is 6.33. The minimum atomic E-state index is -1.02. The third-order valence-electron chi connectivity index (χ3n) is 12.8. The fraction of sp³-hybridized carbons (Fsp3) is 0.327. The van der Waals surface area contributed by atoms with Crippen molar-refractivity contribution < 1.29 is 33.5 Å². The van der Waals surface area contributed by atoms with Gasteiger partial charge < -0.3 is 19.9 Å². The van der Waals surface area contributed by atoms with Gasteiger partial charge in [-0.2, -0.15) is 0 Å². The third-order valence-corrected chi connectivity index (χ3v) is 13.1. The number of nitrogens with zero attached hydrogens (tertiary/aromatic N) is 6. The summed E-state index contributed by atoms with van der Waals surface area (Å²) in [6, 6.07) is 23.7. The predicted octanol–water partition coefficient (Wildman–Crippen LogP) is 7.38.